The number of carbonyl (C=O) groups is 2. The van der Waals surface area contributed by atoms with E-state index in [-0.39, 0.29) is 18.6 Å². The molecule has 0 bridgehead atoms. The predicted octanol–water partition coefficient (Wildman–Crippen LogP) is 2.37. The molecule has 0 aromatic heterocycles. The van der Waals surface area contributed by atoms with Crippen molar-refractivity contribution in [3.63, 3.8) is 0 Å². The summed E-state index contributed by atoms with van der Waals surface area (Å²) in [6, 6.07) is 11.8. The molecule has 1 aliphatic rings. The molecule has 1 heterocycles. The van der Waals surface area contributed by atoms with E-state index in [1.165, 1.54) is 4.90 Å². The summed E-state index contributed by atoms with van der Waals surface area (Å²) in [5, 5.41) is 2.78. The average molecular weight is 312 g/mol. The maximum absolute atomic E-state index is 12.3. The van der Waals surface area contributed by atoms with Crippen molar-refractivity contribution in [2.45, 2.75) is 0 Å². The van der Waals surface area contributed by atoms with Crippen LogP contribution in [0.15, 0.2) is 42.5 Å². The molecule has 0 radical (unpaired) electrons. The number of fused-ring (bicyclic) bond motifs is 1. The lowest BCUT2D eigenvalue weighted by Gasteiger charge is -2.11. The first kappa shape index (κ1) is 14.9. The standard InChI is InChI=1S/C17H16N2O4/c1-19(2)17(21)11-3-6-13(7-4-11)18-16(20)12-5-8-14-15(9-12)23-10-22-14/h3-9H,10H2,1-2H3,(H,18,20). The maximum Gasteiger partial charge on any atom is 0.255 e. The van der Waals surface area contributed by atoms with Crippen molar-refractivity contribution < 1.29 is 19.1 Å². The van der Waals surface area contributed by atoms with Crippen LogP contribution in [0, 0.1) is 0 Å². The molecule has 2 aromatic carbocycles. The molecule has 1 N–H and O–H groups in total. The van der Waals surface area contributed by atoms with Gasteiger partial charge in [-0.2, -0.15) is 0 Å². The maximum atomic E-state index is 12.3. The normalized spacial score (nSPS) is 11.9. The summed E-state index contributed by atoms with van der Waals surface area (Å²) in [7, 11) is 3.38. The van der Waals surface area contributed by atoms with E-state index >= 15 is 0 Å². The highest BCUT2D eigenvalue weighted by atomic mass is 16.7. The minimum absolute atomic E-state index is 0.0846. The van der Waals surface area contributed by atoms with Crippen molar-refractivity contribution in [3.8, 4) is 11.5 Å². The van der Waals surface area contributed by atoms with E-state index in [9.17, 15) is 9.59 Å². The Kier molecular flexibility index (Phi) is 3.89. The summed E-state index contributed by atoms with van der Waals surface area (Å²) >= 11 is 0. The molecule has 0 unspecified atom stereocenters. The molecule has 3 rings (SSSR count). The van der Waals surface area contributed by atoms with E-state index in [1.807, 2.05) is 0 Å². The predicted molar refractivity (Wildman–Crippen MR) is 85.0 cm³/mol. The number of ether oxygens (including phenoxy) is 2. The van der Waals surface area contributed by atoms with Gasteiger partial charge < -0.3 is 19.7 Å². The summed E-state index contributed by atoms with van der Waals surface area (Å²) in [5.74, 6) is 0.853. The Morgan fingerprint density at radius 2 is 1.61 bits per heavy atom. The third-order valence-electron chi connectivity index (χ3n) is 3.43. The minimum atomic E-state index is -0.255. The third-order valence-corrected chi connectivity index (χ3v) is 3.43. The molecule has 0 saturated carbocycles. The van der Waals surface area contributed by atoms with Crippen LogP contribution in [-0.4, -0.2) is 37.6 Å². The average Bonchev–Trinajstić information content (AvgIpc) is 3.02. The third kappa shape index (κ3) is 3.11. The van der Waals surface area contributed by atoms with Gasteiger partial charge in [-0.15, -0.1) is 0 Å². The van der Waals surface area contributed by atoms with Crippen molar-refractivity contribution >= 4 is 17.5 Å². The van der Waals surface area contributed by atoms with Gasteiger partial charge in [-0.25, -0.2) is 0 Å². The number of hydrogen-bond donors (Lipinski definition) is 1. The molecule has 6 heteroatoms. The number of rotatable bonds is 3. The zero-order valence-corrected chi connectivity index (χ0v) is 12.8. The Balaban J connectivity index is 1.71. The van der Waals surface area contributed by atoms with Gasteiger partial charge in [0.25, 0.3) is 11.8 Å². The van der Waals surface area contributed by atoms with Crippen molar-refractivity contribution in [3.05, 3.63) is 53.6 Å². The van der Waals surface area contributed by atoms with Gasteiger partial charge in [0.1, 0.15) is 0 Å². The SMILES string of the molecule is CN(C)C(=O)c1ccc(NC(=O)c2ccc3c(c2)OCO3)cc1. The van der Waals surface area contributed by atoms with Crippen molar-refractivity contribution in [2.75, 3.05) is 26.2 Å². The Hall–Kier alpha value is -3.02. The molecule has 6 nitrogen and oxygen atoms in total. The summed E-state index contributed by atoms with van der Waals surface area (Å²) in [4.78, 5) is 25.6. The Morgan fingerprint density at radius 3 is 2.30 bits per heavy atom. The van der Waals surface area contributed by atoms with Crippen molar-refractivity contribution in [1.82, 2.24) is 4.90 Å². The van der Waals surface area contributed by atoms with E-state index in [4.69, 9.17) is 9.47 Å². The first-order valence-corrected chi connectivity index (χ1v) is 7.07. The molecule has 0 fully saturated rings. The quantitative estimate of drug-likeness (QED) is 0.945. The van der Waals surface area contributed by atoms with Crippen LogP contribution in [0.4, 0.5) is 5.69 Å². The Morgan fingerprint density at radius 1 is 0.957 bits per heavy atom. The molecule has 0 aliphatic carbocycles. The highest BCUT2D eigenvalue weighted by molar-refractivity contribution is 6.05. The van der Waals surface area contributed by atoms with Gasteiger partial charge >= 0.3 is 0 Å². The Labute approximate surface area is 133 Å². The molecular formula is C17H16N2O4. The second kappa shape index (κ2) is 6.00. The smallest absolute Gasteiger partial charge is 0.255 e. The van der Waals surface area contributed by atoms with Crippen LogP contribution < -0.4 is 14.8 Å². The largest absolute Gasteiger partial charge is 0.454 e. The fraction of sp³-hybridized carbons (Fsp3) is 0.176. The highest BCUT2D eigenvalue weighted by Crippen LogP contribution is 2.32. The van der Waals surface area contributed by atoms with Gasteiger partial charge in [-0.1, -0.05) is 0 Å². The number of amides is 2. The fourth-order valence-corrected chi connectivity index (χ4v) is 2.20. The lowest BCUT2D eigenvalue weighted by molar-refractivity contribution is 0.0827. The lowest BCUT2D eigenvalue weighted by Crippen LogP contribution is -2.21. The van der Waals surface area contributed by atoms with Gasteiger partial charge in [-0.3, -0.25) is 9.59 Å². The second-order valence-corrected chi connectivity index (χ2v) is 5.30. The van der Waals surface area contributed by atoms with Crippen LogP contribution in [0.2, 0.25) is 0 Å². The van der Waals surface area contributed by atoms with Crippen LogP contribution >= 0.6 is 0 Å². The van der Waals surface area contributed by atoms with E-state index in [2.05, 4.69) is 5.32 Å². The number of nitrogens with zero attached hydrogens (tertiary/aromatic N) is 1. The van der Waals surface area contributed by atoms with Crippen molar-refractivity contribution in [1.29, 1.82) is 0 Å². The van der Waals surface area contributed by atoms with Gasteiger partial charge in [-0.05, 0) is 42.5 Å². The monoisotopic (exact) mass is 312 g/mol. The van der Waals surface area contributed by atoms with Gasteiger partial charge in [0.2, 0.25) is 6.79 Å². The van der Waals surface area contributed by atoms with Crippen LogP contribution in [0.1, 0.15) is 20.7 Å². The summed E-state index contributed by atoms with van der Waals surface area (Å²) < 4.78 is 10.5. The van der Waals surface area contributed by atoms with E-state index in [0.717, 1.165) is 0 Å². The molecule has 0 atom stereocenters. The molecule has 0 saturated heterocycles. The molecular weight excluding hydrogens is 296 g/mol. The Bertz CT molecular complexity index is 754. The summed E-state index contributed by atoms with van der Waals surface area (Å²) in [6.07, 6.45) is 0. The van der Waals surface area contributed by atoms with E-state index in [1.54, 1.807) is 56.6 Å². The number of anilines is 1. The molecule has 0 spiro atoms. The zero-order valence-electron chi connectivity index (χ0n) is 12.8. The van der Waals surface area contributed by atoms with Crippen LogP contribution in [0.5, 0.6) is 11.5 Å². The van der Waals surface area contributed by atoms with Crippen molar-refractivity contribution in [2.24, 2.45) is 0 Å². The van der Waals surface area contributed by atoms with Crippen LogP contribution in [0.25, 0.3) is 0 Å². The summed E-state index contributed by atoms with van der Waals surface area (Å²) in [5.41, 5.74) is 1.65. The zero-order chi connectivity index (χ0) is 16.4. The van der Waals surface area contributed by atoms with E-state index < -0.39 is 0 Å². The molecule has 2 aromatic rings. The minimum Gasteiger partial charge on any atom is -0.454 e. The molecule has 118 valence electrons. The molecule has 1 aliphatic heterocycles. The number of hydrogen-bond acceptors (Lipinski definition) is 4. The van der Waals surface area contributed by atoms with Crippen LogP contribution in [0.3, 0.4) is 0 Å². The number of carbonyl (C=O) groups excluding carboxylic acids is 2. The summed E-state index contributed by atoms with van der Waals surface area (Å²) in [6.45, 7) is 0.168. The first-order chi connectivity index (χ1) is 11.0. The molecule has 2 amide bonds. The van der Waals surface area contributed by atoms with Gasteiger partial charge in [0, 0.05) is 30.9 Å². The van der Waals surface area contributed by atoms with Gasteiger partial charge in [0.05, 0.1) is 0 Å². The molecule has 23 heavy (non-hydrogen) atoms. The topological polar surface area (TPSA) is 67.9 Å². The lowest BCUT2D eigenvalue weighted by atomic mass is 10.1. The van der Waals surface area contributed by atoms with Crippen LogP contribution in [-0.2, 0) is 0 Å². The highest BCUT2D eigenvalue weighted by Gasteiger charge is 2.16. The second-order valence-electron chi connectivity index (χ2n) is 5.30. The number of nitrogens with one attached hydrogen (secondary N) is 1. The first-order valence-electron chi connectivity index (χ1n) is 7.07. The van der Waals surface area contributed by atoms with E-state index in [0.29, 0.717) is 28.3 Å². The number of benzene rings is 2. The van der Waals surface area contributed by atoms with Gasteiger partial charge in [0.15, 0.2) is 11.5 Å². The fourth-order valence-electron chi connectivity index (χ4n) is 2.20.